The number of aromatic amines is 1. The van der Waals surface area contributed by atoms with Gasteiger partial charge in [0.1, 0.15) is 5.82 Å². The van der Waals surface area contributed by atoms with Gasteiger partial charge in [-0.3, -0.25) is 9.89 Å². The van der Waals surface area contributed by atoms with Gasteiger partial charge in [-0.15, -0.1) is 11.6 Å². The Hall–Kier alpha value is -1.39. The lowest BCUT2D eigenvalue weighted by molar-refractivity contribution is 0.0956. The fourth-order valence-electron chi connectivity index (χ4n) is 1.86. The summed E-state index contributed by atoms with van der Waals surface area (Å²) in [5.41, 5.74) is 0.957. The van der Waals surface area contributed by atoms with Gasteiger partial charge in [0.25, 0.3) is 0 Å². The van der Waals surface area contributed by atoms with Gasteiger partial charge in [-0.1, -0.05) is 11.6 Å². The molecular formula is C13H11Cl2FN2O. The molecule has 100 valence electrons. The molecule has 2 aromatic rings. The maximum atomic E-state index is 12.9. The van der Waals surface area contributed by atoms with Crippen LogP contribution in [0.25, 0.3) is 0 Å². The van der Waals surface area contributed by atoms with E-state index in [0.717, 1.165) is 0 Å². The molecule has 0 aliphatic carbocycles. The van der Waals surface area contributed by atoms with E-state index in [-0.39, 0.29) is 11.6 Å². The number of benzene rings is 1. The average Bonchev–Trinajstić information content (AvgIpc) is 2.82. The molecule has 0 fully saturated rings. The third-order valence-electron chi connectivity index (χ3n) is 2.81. The van der Waals surface area contributed by atoms with Gasteiger partial charge in [0.15, 0.2) is 5.78 Å². The number of halogens is 3. The van der Waals surface area contributed by atoms with E-state index in [1.165, 1.54) is 30.5 Å². The largest absolute Gasteiger partial charge is 0.293 e. The first-order chi connectivity index (χ1) is 9.13. The van der Waals surface area contributed by atoms with Crippen molar-refractivity contribution in [1.82, 2.24) is 10.2 Å². The van der Waals surface area contributed by atoms with Crippen LogP contribution in [0.5, 0.6) is 0 Å². The molecule has 19 heavy (non-hydrogen) atoms. The van der Waals surface area contributed by atoms with Crippen LogP contribution >= 0.6 is 23.2 Å². The molecule has 1 aromatic heterocycles. The SMILES string of the molecule is O=C(c1ccc(F)cc1)C(CCCl)c1[nH]ncc1Cl. The molecule has 3 nitrogen and oxygen atoms in total. The van der Waals surface area contributed by atoms with Crippen LogP contribution in [0.15, 0.2) is 30.5 Å². The predicted octanol–water partition coefficient (Wildman–Crippen LogP) is 3.80. The van der Waals surface area contributed by atoms with Crippen molar-refractivity contribution in [2.24, 2.45) is 0 Å². The van der Waals surface area contributed by atoms with Crippen LogP contribution in [0.3, 0.4) is 0 Å². The van der Waals surface area contributed by atoms with E-state index in [0.29, 0.717) is 28.6 Å². The van der Waals surface area contributed by atoms with E-state index in [1.807, 2.05) is 0 Å². The molecule has 0 aliphatic heterocycles. The van der Waals surface area contributed by atoms with E-state index >= 15 is 0 Å². The zero-order valence-corrected chi connectivity index (χ0v) is 11.4. The number of carbonyl (C=O) groups excluding carboxylic acids is 1. The van der Waals surface area contributed by atoms with Crippen molar-refractivity contribution in [3.8, 4) is 0 Å². The summed E-state index contributed by atoms with van der Waals surface area (Å²) < 4.78 is 12.9. The minimum atomic E-state index is -0.502. The number of hydrogen-bond acceptors (Lipinski definition) is 2. The van der Waals surface area contributed by atoms with Gasteiger partial charge in [0, 0.05) is 11.4 Å². The molecule has 0 saturated heterocycles. The number of Topliss-reactive ketones (excluding diaryl/α,β-unsaturated/α-hetero) is 1. The number of alkyl halides is 1. The maximum Gasteiger partial charge on any atom is 0.171 e. The summed E-state index contributed by atoms with van der Waals surface area (Å²) >= 11 is 11.7. The summed E-state index contributed by atoms with van der Waals surface area (Å²) in [7, 11) is 0. The Labute approximate surface area is 119 Å². The Morgan fingerprint density at radius 3 is 2.58 bits per heavy atom. The number of ketones is 1. The third-order valence-corrected chi connectivity index (χ3v) is 3.33. The Balaban J connectivity index is 2.31. The lowest BCUT2D eigenvalue weighted by Crippen LogP contribution is -2.14. The number of H-pyrrole nitrogens is 1. The molecule has 0 aliphatic rings. The smallest absolute Gasteiger partial charge is 0.171 e. The number of rotatable bonds is 5. The standard InChI is InChI=1S/C13H11Cl2FN2O/c14-6-5-10(12-11(15)7-17-18-12)13(19)8-1-3-9(16)4-2-8/h1-4,7,10H,5-6H2,(H,17,18). The normalized spacial score (nSPS) is 12.4. The molecule has 0 bridgehead atoms. The lowest BCUT2D eigenvalue weighted by Gasteiger charge is -2.13. The topological polar surface area (TPSA) is 45.8 Å². The van der Waals surface area contributed by atoms with Crippen molar-refractivity contribution >= 4 is 29.0 Å². The van der Waals surface area contributed by atoms with Gasteiger partial charge in [0.05, 0.1) is 22.8 Å². The monoisotopic (exact) mass is 300 g/mol. The van der Waals surface area contributed by atoms with Crippen molar-refractivity contribution in [2.75, 3.05) is 5.88 Å². The Kier molecular flexibility index (Phi) is 4.56. The fraction of sp³-hybridized carbons (Fsp3) is 0.231. The van der Waals surface area contributed by atoms with E-state index in [4.69, 9.17) is 23.2 Å². The molecular weight excluding hydrogens is 290 g/mol. The van der Waals surface area contributed by atoms with Crippen molar-refractivity contribution in [1.29, 1.82) is 0 Å². The average molecular weight is 301 g/mol. The van der Waals surface area contributed by atoms with Gasteiger partial charge in [-0.2, -0.15) is 5.10 Å². The van der Waals surface area contributed by atoms with E-state index < -0.39 is 5.92 Å². The quantitative estimate of drug-likeness (QED) is 0.674. The van der Waals surface area contributed by atoms with Crippen molar-refractivity contribution in [3.05, 3.63) is 52.6 Å². The van der Waals surface area contributed by atoms with Crippen LogP contribution in [0.4, 0.5) is 4.39 Å². The van der Waals surface area contributed by atoms with Gasteiger partial charge in [0.2, 0.25) is 0 Å². The maximum absolute atomic E-state index is 12.9. The van der Waals surface area contributed by atoms with Gasteiger partial charge < -0.3 is 0 Å². The zero-order valence-electron chi connectivity index (χ0n) is 9.87. The van der Waals surface area contributed by atoms with E-state index in [1.54, 1.807) is 0 Å². The van der Waals surface area contributed by atoms with Crippen LogP contribution in [0.2, 0.25) is 5.02 Å². The number of hydrogen-bond donors (Lipinski definition) is 1. The van der Waals surface area contributed by atoms with Crippen LogP contribution in [-0.2, 0) is 0 Å². The molecule has 1 unspecified atom stereocenters. The molecule has 0 saturated carbocycles. The first-order valence-electron chi connectivity index (χ1n) is 5.68. The highest BCUT2D eigenvalue weighted by atomic mass is 35.5. The highest BCUT2D eigenvalue weighted by Crippen LogP contribution is 2.28. The summed E-state index contributed by atoms with van der Waals surface area (Å²) in [5, 5.41) is 6.91. The minimum Gasteiger partial charge on any atom is -0.293 e. The summed E-state index contributed by atoms with van der Waals surface area (Å²) in [6.45, 7) is 0. The van der Waals surface area contributed by atoms with Gasteiger partial charge in [-0.25, -0.2) is 4.39 Å². The number of nitrogens with zero attached hydrogens (tertiary/aromatic N) is 1. The minimum absolute atomic E-state index is 0.160. The summed E-state index contributed by atoms with van der Waals surface area (Å²) in [6.07, 6.45) is 1.87. The molecule has 2 rings (SSSR count). The first-order valence-corrected chi connectivity index (χ1v) is 6.59. The van der Waals surface area contributed by atoms with E-state index in [2.05, 4.69) is 10.2 Å². The second kappa shape index (κ2) is 6.17. The molecule has 0 radical (unpaired) electrons. The molecule has 1 N–H and O–H groups in total. The van der Waals surface area contributed by atoms with Crippen molar-refractivity contribution in [2.45, 2.75) is 12.3 Å². The molecule has 1 aromatic carbocycles. The molecule has 0 amide bonds. The number of aromatic nitrogens is 2. The predicted molar refractivity (Wildman–Crippen MR) is 72.4 cm³/mol. The Morgan fingerprint density at radius 2 is 2.05 bits per heavy atom. The van der Waals surface area contributed by atoms with Crippen LogP contribution < -0.4 is 0 Å². The Morgan fingerprint density at radius 1 is 1.37 bits per heavy atom. The number of carbonyl (C=O) groups is 1. The van der Waals surface area contributed by atoms with E-state index in [9.17, 15) is 9.18 Å². The van der Waals surface area contributed by atoms with Gasteiger partial charge >= 0.3 is 0 Å². The van der Waals surface area contributed by atoms with Crippen LogP contribution in [-0.4, -0.2) is 21.9 Å². The second-order valence-corrected chi connectivity index (χ2v) is 4.82. The summed E-state index contributed by atoms with van der Waals surface area (Å²) in [6, 6.07) is 5.39. The third kappa shape index (κ3) is 3.14. The van der Waals surface area contributed by atoms with Crippen LogP contribution in [0, 0.1) is 5.82 Å². The number of nitrogens with one attached hydrogen (secondary N) is 1. The van der Waals surface area contributed by atoms with Crippen LogP contribution in [0.1, 0.15) is 28.4 Å². The highest BCUT2D eigenvalue weighted by molar-refractivity contribution is 6.31. The Bertz CT molecular complexity index is 568. The highest BCUT2D eigenvalue weighted by Gasteiger charge is 2.25. The summed E-state index contributed by atoms with van der Waals surface area (Å²) in [5.74, 6) is -0.734. The van der Waals surface area contributed by atoms with Gasteiger partial charge in [-0.05, 0) is 30.7 Å². The lowest BCUT2D eigenvalue weighted by atomic mass is 9.92. The second-order valence-electron chi connectivity index (χ2n) is 4.03. The van der Waals surface area contributed by atoms with Crippen molar-refractivity contribution < 1.29 is 9.18 Å². The fourth-order valence-corrected chi connectivity index (χ4v) is 2.30. The molecule has 1 heterocycles. The molecule has 1 atom stereocenters. The van der Waals surface area contributed by atoms with Crippen molar-refractivity contribution in [3.63, 3.8) is 0 Å². The molecule has 6 heteroatoms. The summed E-state index contributed by atoms with van der Waals surface area (Å²) in [4.78, 5) is 12.4. The zero-order chi connectivity index (χ0) is 13.8. The molecule has 0 spiro atoms. The first kappa shape index (κ1) is 14.0.